The van der Waals surface area contributed by atoms with E-state index in [1.165, 1.54) is 0 Å². The fourth-order valence-corrected chi connectivity index (χ4v) is 1.53. The van der Waals surface area contributed by atoms with Gasteiger partial charge in [-0.3, -0.25) is 5.32 Å². The Balaban J connectivity index is 1.84. The summed E-state index contributed by atoms with van der Waals surface area (Å²) in [5.74, 6) is -0.00531. The van der Waals surface area contributed by atoms with Crippen LogP contribution < -0.4 is 11.1 Å². The van der Waals surface area contributed by atoms with Crippen molar-refractivity contribution in [1.82, 2.24) is 5.32 Å². The Hall–Kier alpha value is -2.82. The molecule has 102 valence electrons. The van der Waals surface area contributed by atoms with Crippen LogP contribution in [0.3, 0.4) is 0 Å². The minimum Gasteiger partial charge on any atom is -0.444 e. The number of para-hydroxylation sites is 1. The molecule has 0 bridgehead atoms. The van der Waals surface area contributed by atoms with E-state index in [9.17, 15) is 4.79 Å². The van der Waals surface area contributed by atoms with E-state index in [4.69, 9.17) is 10.5 Å². The Morgan fingerprint density at radius 3 is 2.30 bits per heavy atom. The van der Waals surface area contributed by atoms with Gasteiger partial charge in [-0.25, -0.2) is 9.79 Å². The van der Waals surface area contributed by atoms with E-state index in [-0.39, 0.29) is 12.6 Å². The quantitative estimate of drug-likeness (QED) is 0.664. The topological polar surface area (TPSA) is 76.7 Å². The summed E-state index contributed by atoms with van der Waals surface area (Å²) in [6, 6.07) is 18.5. The van der Waals surface area contributed by atoms with Crippen molar-refractivity contribution in [3.05, 3.63) is 66.2 Å². The van der Waals surface area contributed by atoms with Gasteiger partial charge in [-0.05, 0) is 17.7 Å². The Bertz CT molecular complexity index is 583. The third-order valence-electron chi connectivity index (χ3n) is 2.45. The number of guanidine groups is 1. The number of nitrogens with one attached hydrogen (secondary N) is 1. The minimum atomic E-state index is -0.633. The molecule has 3 N–H and O–H groups in total. The van der Waals surface area contributed by atoms with Crippen molar-refractivity contribution < 1.29 is 9.53 Å². The molecule has 20 heavy (non-hydrogen) atoms. The van der Waals surface area contributed by atoms with Gasteiger partial charge in [0.15, 0.2) is 0 Å². The van der Waals surface area contributed by atoms with Crippen molar-refractivity contribution in [2.75, 3.05) is 0 Å². The molecule has 0 radical (unpaired) electrons. The summed E-state index contributed by atoms with van der Waals surface area (Å²) >= 11 is 0. The molecule has 2 aromatic rings. The number of nitrogens with two attached hydrogens (primary N) is 1. The largest absolute Gasteiger partial charge is 0.444 e. The van der Waals surface area contributed by atoms with E-state index in [2.05, 4.69) is 10.3 Å². The molecule has 0 saturated heterocycles. The molecule has 0 aromatic heterocycles. The number of hydrogen-bond donors (Lipinski definition) is 2. The van der Waals surface area contributed by atoms with Gasteiger partial charge in [0.25, 0.3) is 0 Å². The number of alkyl carbamates (subject to hydrolysis) is 1. The maximum atomic E-state index is 11.5. The molecule has 0 aliphatic carbocycles. The van der Waals surface area contributed by atoms with Crippen molar-refractivity contribution in [3.63, 3.8) is 0 Å². The van der Waals surface area contributed by atoms with Crippen molar-refractivity contribution in [1.29, 1.82) is 0 Å². The molecule has 5 heteroatoms. The van der Waals surface area contributed by atoms with Gasteiger partial charge in [-0.15, -0.1) is 0 Å². The smallest absolute Gasteiger partial charge is 0.414 e. The average molecular weight is 269 g/mol. The summed E-state index contributed by atoms with van der Waals surface area (Å²) in [6.07, 6.45) is -0.633. The van der Waals surface area contributed by atoms with E-state index in [1.54, 1.807) is 12.1 Å². The lowest BCUT2D eigenvalue weighted by molar-refractivity contribution is 0.145. The molecule has 0 fully saturated rings. The first-order valence-corrected chi connectivity index (χ1v) is 6.11. The molecule has 5 nitrogen and oxygen atoms in total. The van der Waals surface area contributed by atoms with Gasteiger partial charge >= 0.3 is 6.09 Å². The number of nitrogens with zero attached hydrogens (tertiary/aromatic N) is 1. The lowest BCUT2D eigenvalue weighted by Crippen LogP contribution is -2.36. The monoisotopic (exact) mass is 269 g/mol. The number of benzene rings is 2. The molecular weight excluding hydrogens is 254 g/mol. The number of amides is 1. The van der Waals surface area contributed by atoms with Crippen LogP contribution in [0.5, 0.6) is 0 Å². The summed E-state index contributed by atoms with van der Waals surface area (Å²) in [4.78, 5) is 15.6. The summed E-state index contributed by atoms with van der Waals surface area (Å²) < 4.78 is 5.03. The van der Waals surface area contributed by atoms with Gasteiger partial charge in [0.1, 0.15) is 6.61 Å². The average Bonchev–Trinajstić information content (AvgIpc) is 2.47. The molecular formula is C15H15N3O2. The van der Waals surface area contributed by atoms with Crippen molar-refractivity contribution in [2.45, 2.75) is 6.61 Å². The number of carbonyl (C=O) groups is 1. The van der Waals surface area contributed by atoms with E-state index in [1.807, 2.05) is 48.5 Å². The standard InChI is InChI=1S/C15H15N3O2/c16-14(17-13-9-5-2-6-10-13)18-15(19)20-11-12-7-3-1-4-8-12/h1-10H,11H2,(H3,16,17,18,19). The lowest BCUT2D eigenvalue weighted by atomic mass is 10.2. The lowest BCUT2D eigenvalue weighted by Gasteiger charge is -2.06. The fourth-order valence-electron chi connectivity index (χ4n) is 1.53. The zero-order chi connectivity index (χ0) is 14.2. The zero-order valence-corrected chi connectivity index (χ0v) is 10.8. The van der Waals surface area contributed by atoms with E-state index < -0.39 is 6.09 Å². The van der Waals surface area contributed by atoms with Crippen LogP contribution in [0.25, 0.3) is 0 Å². The van der Waals surface area contributed by atoms with E-state index in [0.29, 0.717) is 5.69 Å². The molecule has 0 heterocycles. The van der Waals surface area contributed by atoms with Crippen LogP contribution in [0.15, 0.2) is 65.7 Å². The van der Waals surface area contributed by atoms with Crippen LogP contribution in [0.4, 0.5) is 10.5 Å². The predicted octanol–water partition coefficient (Wildman–Crippen LogP) is 2.56. The SMILES string of the molecule is NC(=Nc1ccccc1)NC(=O)OCc1ccccc1. The van der Waals surface area contributed by atoms with E-state index in [0.717, 1.165) is 5.56 Å². The van der Waals surface area contributed by atoms with Gasteiger partial charge in [0, 0.05) is 0 Å². The van der Waals surface area contributed by atoms with E-state index >= 15 is 0 Å². The second-order valence-corrected chi connectivity index (χ2v) is 4.02. The molecule has 2 rings (SSSR count). The van der Waals surface area contributed by atoms with Crippen LogP contribution in [-0.2, 0) is 11.3 Å². The van der Waals surface area contributed by atoms with Crippen LogP contribution in [0.1, 0.15) is 5.56 Å². The van der Waals surface area contributed by atoms with Crippen LogP contribution >= 0.6 is 0 Å². The van der Waals surface area contributed by atoms with Gasteiger partial charge in [-0.2, -0.15) is 0 Å². The zero-order valence-electron chi connectivity index (χ0n) is 10.8. The summed E-state index contributed by atoms with van der Waals surface area (Å²) in [5, 5.41) is 2.37. The Kier molecular flexibility index (Phi) is 4.72. The second kappa shape index (κ2) is 6.94. The number of ether oxygens (including phenoxy) is 1. The van der Waals surface area contributed by atoms with Crippen molar-refractivity contribution >= 4 is 17.7 Å². The molecule has 2 aromatic carbocycles. The Morgan fingerprint density at radius 2 is 1.65 bits per heavy atom. The van der Waals surface area contributed by atoms with Crippen molar-refractivity contribution in [2.24, 2.45) is 10.7 Å². The molecule has 0 saturated carbocycles. The highest BCUT2D eigenvalue weighted by atomic mass is 16.5. The highest BCUT2D eigenvalue weighted by molar-refractivity contribution is 5.94. The van der Waals surface area contributed by atoms with Crippen LogP contribution in [0.2, 0.25) is 0 Å². The van der Waals surface area contributed by atoms with Gasteiger partial charge in [0.2, 0.25) is 5.96 Å². The fraction of sp³-hybridized carbons (Fsp3) is 0.0667. The molecule has 0 aliphatic rings. The van der Waals surface area contributed by atoms with Crippen LogP contribution in [-0.4, -0.2) is 12.1 Å². The normalized spacial score (nSPS) is 10.9. The Labute approximate surface area is 117 Å². The number of rotatable bonds is 3. The van der Waals surface area contributed by atoms with Gasteiger partial charge in [0.05, 0.1) is 5.69 Å². The first-order valence-electron chi connectivity index (χ1n) is 6.11. The second-order valence-electron chi connectivity index (χ2n) is 4.02. The molecule has 0 spiro atoms. The summed E-state index contributed by atoms with van der Waals surface area (Å²) in [7, 11) is 0. The first kappa shape index (κ1) is 13.6. The highest BCUT2D eigenvalue weighted by Crippen LogP contribution is 2.08. The number of aliphatic imine (C=N–C) groups is 1. The number of carbonyl (C=O) groups excluding carboxylic acids is 1. The molecule has 0 aliphatic heterocycles. The first-order chi connectivity index (χ1) is 9.74. The van der Waals surface area contributed by atoms with Crippen LogP contribution in [0, 0.1) is 0 Å². The highest BCUT2D eigenvalue weighted by Gasteiger charge is 2.04. The van der Waals surface area contributed by atoms with Gasteiger partial charge < -0.3 is 10.5 Å². The van der Waals surface area contributed by atoms with Crippen molar-refractivity contribution in [3.8, 4) is 0 Å². The maximum absolute atomic E-state index is 11.5. The predicted molar refractivity (Wildman–Crippen MR) is 77.5 cm³/mol. The summed E-state index contributed by atoms with van der Waals surface area (Å²) in [6.45, 7) is 0.186. The third kappa shape index (κ3) is 4.45. The molecule has 1 amide bonds. The summed E-state index contributed by atoms with van der Waals surface area (Å²) in [5.41, 5.74) is 7.18. The molecule has 0 unspecified atom stereocenters. The molecule has 0 atom stereocenters. The van der Waals surface area contributed by atoms with Gasteiger partial charge in [-0.1, -0.05) is 48.5 Å². The maximum Gasteiger partial charge on any atom is 0.414 e. The number of hydrogen-bond acceptors (Lipinski definition) is 3. The minimum absolute atomic E-state index is 0.00531. The third-order valence-corrected chi connectivity index (χ3v) is 2.45. The Morgan fingerprint density at radius 1 is 1.05 bits per heavy atom.